The number of thioether (sulfide) groups is 1. The second-order valence-corrected chi connectivity index (χ2v) is 7.76. The normalized spacial score (nSPS) is 8.61. The van der Waals surface area contributed by atoms with Gasteiger partial charge in [0.25, 0.3) is 0 Å². The highest BCUT2D eigenvalue weighted by Gasteiger charge is 1.94. The maximum Gasteiger partial charge on any atom is 0.126 e. The van der Waals surface area contributed by atoms with Gasteiger partial charge in [-0.15, -0.1) is 37.5 Å². The van der Waals surface area contributed by atoms with E-state index in [1.54, 1.807) is 24.9 Å². The number of halogens is 2. The second-order valence-electron chi connectivity index (χ2n) is 6.88. The maximum atomic E-state index is 12.2. The fourth-order valence-corrected chi connectivity index (χ4v) is 2.97. The molecule has 0 saturated carbocycles. The van der Waals surface area contributed by atoms with E-state index < -0.39 is 11.6 Å². The van der Waals surface area contributed by atoms with E-state index in [9.17, 15) is 13.6 Å². The molecule has 4 nitrogen and oxygen atoms in total. The van der Waals surface area contributed by atoms with Crippen molar-refractivity contribution < 1.29 is 18.0 Å². The number of aryl methyl sites for hydroxylation is 1. The fraction of sp³-hybridized carbons (Fsp3) is 0.323. The Morgan fingerprint density at radius 1 is 0.947 bits per heavy atom. The zero-order valence-corrected chi connectivity index (χ0v) is 24.0. The van der Waals surface area contributed by atoms with Crippen LogP contribution in [0.4, 0.5) is 8.78 Å². The van der Waals surface area contributed by atoms with Crippen LogP contribution < -0.4 is 10.6 Å². The van der Waals surface area contributed by atoms with Crippen molar-refractivity contribution in [2.24, 2.45) is 0 Å². The summed E-state index contributed by atoms with van der Waals surface area (Å²) in [6.45, 7) is 8.57. The highest BCUT2D eigenvalue weighted by molar-refractivity contribution is 7.98. The fourth-order valence-electron chi connectivity index (χ4n) is 2.56. The summed E-state index contributed by atoms with van der Waals surface area (Å²) >= 11 is 1.71. The Hall–Kier alpha value is -3.36. The van der Waals surface area contributed by atoms with Crippen LogP contribution in [-0.4, -0.2) is 32.7 Å². The van der Waals surface area contributed by atoms with Gasteiger partial charge in [0.1, 0.15) is 23.7 Å². The summed E-state index contributed by atoms with van der Waals surface area (Å²) in [6, 6.07) is 15.3. The smallest absolute Gasteiger partial charge is 0.126 e. The van der Waals surface area contributed by atoms with Crippen molar-refractivity contribution in [3.8, 4) is 25.7 Å². The highest BCUT2D eigenvalue weighted by atomic mass is 32.2. The Kier molecular flexibility index (Phi) is 30.8. The monoisotopic (exact) mass is 544 g/mol. The summed E-state index contributed by atoms with van der Waals surface area (Å²) in [5, 5.41) is 6.39. The van der Waals surface area contributed by atoms with Gasteiger partial charge in [-0.2, -0.15) is 0 Å². The molecule has 0 amide bonds. The summed E-state index contributed by atoms with van der Waals surface area (Å²) in [5.41, 5.74) is 1.69. The average molecular weight is 545 g/mol. The first-order valence-electron chi connectivity index (χ1n) is 12.0. The van der Waals surface area contributed by atoms with Crippen molar-refractivity contribution in [3.05, 3.63) is 89.4 Å². The zero-order valence-electron chi connectivity index (χ0n) is 23.2. The van der Waals surface area contributed by atoms with Crippen LogP contribution in [0.2, 0.25) is 0 Å². The maximum absolute atomic E-state index is 12.2. The lowest BCUT2D eigenvalue weighted by Gasteiger charge is -2.01. The minimum atomic E-state index is -0.521. The zero-order chi connectivity index (χ0) is 29.6. The van der Waals surface area contributed by atoms with E-state index in [1.807, 2.05) is 63.5 Å². The summed E-state index contributed by atoms with van der Waals surface area (Å²) in [6.07, 6.45) is 22.3. The van der Waals surface area contributed by atoms with Gasteiger partial charge in [0.05, 0.1) is 12.8 Å². The molecule has 0 spiro atoms. The molecular formula is C31H42F2N2O2S. The molecule has 208 valence electrons. The molecule has 0 bridgehead atoms. The second kappa shape index (κ2) is 29.9. The molecule has 3 rings (SSSR count). The molecule has 1 heterocycles. The molecule has 0 aliphatic rings. The van der Waals surface area contributed by atoms with Crippen molar-refractivity contribution in [1.29, 1.82) is 0 Å². The van der Waals surface area contributed by atoms with Gasteiger partial charge in [-0.25, -0.2) is 8.78 Å². The Labute approximate surface area is 233 Å². The summed E-state index contributed by atoms with van der Waals surface area (Å²) in [4.78, 5) is 11.4. The number of hydrogen-bond donors (Lipinski definition) is 2. The number of benzene rings is 2. The van der Waals surface area contributed by atoms with E-state index in [2.05, 4.69) is 36.3 Å². The largest absolute Gasteiger partial charge is 0.468 e. The highest BCUT2D eigenvalue weighted by Crippen LogP contribution is 2.14. The lowest BCUT2D eigenvalue weighted by molar-refractivity contribution is -0.107. The van der Waals surface area contributed by atoms with Gasteiger partial charge < -0.3 is 19.8 Å². The Morgan fingerprint density at radius 3 is 1.95 bits per heavy atom. The molecule has 3 aromatic rings. The minimum Gasteiger partial charge on any atom is -0.468 e. The number of carbonyl (C=O) groups excluding carboxylic acids is 1. The molecular weight excluding hydrogens is 502 g/mol. The molecule has 1 aromatic heterocycles. The summed E-state index contributed by atoms with van der Waals surface area (Å²) < 4.78 is 29.5. The first-order valence-corrected chi connectivity index (χ1v) is 13.2. The van der Waals surface area contributed by atoms with Crippen molar-refractivity contribution in [3.63, 3.8) is 0 Å². The van der Waals surface area contributed by atoms with Crippen LogP contribution in [0.15, 0.2) is 70.2 Å². The predicted octanol–water partition coefficient (Wildman–Crippen LogP) is 6.93. The number of aldehydes is 1. The standard InChI is InChI=1S/C9H16N2O.C9H10OS.C7H6F2.C2H6.2C2H2/c1-10-5-3-6-11-8-9-4-2-7-12-9;1-11-9-4-2-8(3-5-9)6-7-10;1-5-2-6(8)4-7(9)3-5;3*1-2/h2,4,7,10-11H,3,5-6,8H2,1H3;2-5,7H,6H2,1H3;2-4H,1H3;1-2H3;2*1-2H. The van der Waals surface area contributed by atoms with Crippen LogP contribution in [0.25, 0.3) is 0 Å². The third kappa shape index (κ3) is 23.1. The molecule has 0 aliphatic carbocycles. The van der Waals surface area contributed by atoms with Crippen LogP contribution in [0.3, 0.4) is 0 Å². The van der Waals surface area contributed by atoms with Gasteiger partial charge in [0.15, 0.2) is 0 Å². The van der Waals surface area contributed by atoms with E-state index in [1.165, 1.54) is 17.0 Å². The van der Waals surface area contributed by atoms with Crippen LogP contribution in [0.5, 0.6) is 0 Å². The molecule has 0 aliphatic heterocycles. The number of furan rings is 1. The Balaban J connectivity index is -0.000000442. The van der Waals surface area contributed by atoms with Gasteiger partial charge in [0, 0.05) is 17.4 Å². The van der Waals surface area contributed by atoms with E-state index in [-0.39, 0.29) is 0 Å². The Morgan fingerprint density at radius 2 is 1.53 bits per heavy atom. The van der Waals surface area contributed by atoms with Gasteiger partial charge in [-0.05, 0) is 87.3 Å². The van der Waals surface area contributed by atoms with Crippen molar-refractivity contribution in [2.45, 2.75) is 45.1 Å². The SMILES string of the molecule is C#C.C#C.CC.CNCCCNCc1ccco1.CSc1ccc(CC=O)cc1.Cc1cc(F)cc(F)c1. The van der Waals surface area contributed by atoms with Crippen molar-refractivity contribution in [1.82, 2.24) is 10.6 Å². The molecule has 2 N–H and O–H groups in total. The number of carbonyl (C=O) groups is 1. The first kappa shape index (κ1) is 39.2. The van der Waals surface area contributed by atoms with Crippen LogP contribution in [0, 0.1) is 44.3 Å². The minimum absolute atomic E-state index is 0.521. The number of hydrogen-bond acceptors (Lipinski definition) is 5. The van der Waals surface area contributed by atoms with Gasteiger partial charge in [-0.1, -0.05) is 26.0 Å². The van der Waals surface area contributed by atoms with Crippen molar-refractivity contribution in [2.75, 3.05) is 26.4 Å². The molecule has 38 heavy (non-hydrogen) atoms. The number of nitrogens with one attached hydrogen (secondary N) is 2. The molecule has 0 radical (unpaired) electrons. The molecule has 7 heteroatoms. The number of rotatable bonds is 9. The molecule has 0 atom stereocenters. The molecule has 2 aromatic carbocycles. The van der Waals surface area contributed by atoms with Crippen molar-refractivity contribution >= 4 is 18.0 Å². The van der Waals surface area contributed by atoms with Crippen LogP contribution >= 0.6 is 11.8 Å². The molecule has 0 saturated heterocycles. The lowest BCUT2D eigenvalue weighted by Crippen LogP contribution is -2.19. The summed E-state index contributed by atoms with van der Waals surface area (Å²) in [5.74, 6) is -0.0422. The van der Waals surface area contributed by atoms with E-state index in [4.69, 9.17) is 4.42 Å². The quantitative estimate of drug-likeness (QED) is 0.132. The molecule has 0 fully saturated rings. The topological polar surface area (TPSA) is 54.3 Å². The average Bonchev–Trinajstić information content (AvgIpc) is 3.46. The lowest BCUT2D eigenvalue weighted by atomic mass is 10.2. The predicted molar refractivity (Wildman–Crippen MR) is 159 cm³/mol. The number of terminal acetylenes is 2. The van der Waals surface area contributed by atoms with Gasteiger partial charge in [-0.3, -0.25) is 0 Å². The third-order valence-electron chi connectivity index (χ3n) is 4.14. The molecule has 0 unspecified atom stereocenters. The third-order valence-corrected chi connectivity index (χ3v) is 4.89. The summed E-state index contributed by atoms with van der Waals surface area (Å²) in [7, 11) is 1.96. The van der Waals surface area contributed by atoms with Gasteiger partial charge >= 0.3 is 0 Å². The van der Waals surface area contributed by atoms with E-state index >= 15 is 0 Å². The van der Waals surface area contributed by atoms with E-state index in [0.29, 0.717) is 12.0 Å². The Bertz CT molecular complexity index is 901. The van der Waals surface area contributed by atoms with Gasteiger partial charge in [0.2, 0.25) is 0 Å². The first-order chi connectivity index (χ1) is 18.5. The van der Waals surface area contributed by atoms with E-state index in [0.717, 1.165) is 49.7 Å². The van der Waals surface area contributed by atoms with Crippen LogP contribution in [-0.2, 0) is 17.8 Å². The van der Waals surface area contributed by atoms with Crippen LogP contribution in [0.1, 0.15) is 37.2 Å².